The van der Waals surface area contributed by atoms with Crippen LogP contribution in [0.3, 0.4) is 0 Å². The zero-order chi connectivity index (χ0) is 22.8. The fourth-order valence-electron chi connectivity index (χ4n) is 3.55. The summed E-state index contributed by atoms with van der Waals surface area (Å²) in [7, 11) is 0. The number of ether oxygens (including phenoxy) is 2. The van der Waals surface area contributed by atoms with Gasteiger partial charge in [-0.1, -0.05) is 34.9 Å². The van der Waals surface area contributed by atoms with Gasteiger partial charge in [-0.05, 0) is 64.0 Å². The molecule has 9 nitrogen and oxygen atoms in total. The Morgan fingerprint density at radius 2 is 2.09 bits per heavy atom. The number of tetrazole rings is 1. The van der Waals surface area contributed by atoms with E-state index in [1.165, 1.54) is 4.68 Å². The fourth-order valence-corrected chi connectivity index (χ4v) is 4.32. The van der Waals surface area contributed by atoms with Gasteiger partial charge in [-0.2, -0.15) is 4.68 Å². The molecule has 4 rings (SSSR count). The largest absolute Gasteiger partial charge is 0.490 e. The van der Waals surface area contributed by atoms with Crippen LogP contribution in [0.15, 0.2) is 52.1 Å². The Hall–Kier alpha value is -3.11. The van der Waals surface area contributed by atoms with Crippen LogP contribution in [0.1, 0.15) is 31.0 Å². The molecule has 0 fully saturated rings. The summed E-state index contributed by atoms with van der Waals surface area (Å²) >= 11 is 9.84. The number of primary amides is 1. The number of anilines is 1. The van der Waals surface area contributed by atoms with E-state index >= 15 is 0 Å². The van der Waals surface area contributed by atoms with E-state index in [9.17, 15) is 4.79 Å². The topological polar surface area (TPSA) is 117 Å². The Morgan fingerprint density at radius 1 is 1.31 bits per heavy atom. The highest BCUT2D eigenvalue weighted by atomic mass is 79.9. The van der Waals surface area contributed by atoms with Crippen LogP contribution in [-0.4, -0.2) is 32.7 Å². The Labute approximate surface area is 197 Å². The van der Waals surface area contributed by atoms with Gasteiger partial charge in [-0.15, -0.1) is 0 Å². The van der Waals surface area contributed by atoms with Crippen molar-refractivity contribution >= 4 is 39.4 Å². The van der Waals surface area contributed by atoms with Crippen LogP contribution in [0.25, 0.3) is 0 Å². The summed E-state index contributed by atoms with van der Waals surface area (Å²) in [6.45, 7) is 4.30. The van der Waals surface area contributed by atoms with Crippen LogP contribution in [-0.2, 0) is 11.4 Å². The lowest BCUT2D eigenvalue weighted by Crippen LogP contribution is -2.32. The Balaban J connectivity index is 1.76. The molecule has 0 unspecified atom stereocenters. The molecule has 0 saturated carbocycles. The number of rotatable bonds is 7. The van der Waals surface area contributed by atoms with E-state index in [2.05, 4.69) is 36.8 Å². The first-order chi connectivity index (χ1) is 15.4. The summed E-state index contributed by atoms with van der Waals surface area (Å²) < 4.78 is 14.1. The monoisotopic (exact) mass is 518 g/mol. The molecule has 1 aromatic heterocycles. The minimum atomic E-state index is -0.633. The van der Waals surface area contributed by atoms with E-state index in [-0.39, 0.29) is 6.61 Å². The number of nitrogens with one attached hydrogen (secondary N) is 1. The maximum absolute atomic E-state index is 12.3. The summed E-state index contributed by atoms with van der Waals surface area (Å²) in [4.78, 5) is 12.3. The second-order valence-electron chi connectivity index (χ2n) is 7.02. The van der Waals surface area contributed by atoms with E-state index in [4.69, 9.17) is 26.8 Å². The lowest BCUT2D eigenvalue weighted by Gasteiger charge is -2.27. The summed E-state index contributed by atoms with van der Waals surface area (Å²) in [5, 5.41) is 15.4. The number of hydrogen-bond acceptors (Lipinski definition) is 7. The number of nitrogens with two attached hydrogens (primary N) is 1. The molecule has 3 N–H and O–H groups in total. The van der Waals surface area contributed by atoms with Crippen LogP contribution >= 0.6 is 27.5 Å². The highest BCUT2D eigenvalue weighted by molar-refractivity contribution is 9.10. The number of benzene rings is 2. The Kier molecular flexibility index (Phi) is 6.33. The minimum absolute atomic E-state index is 0.258. The van der Waals surface area contributed by atoms with Gasteiger partial charge in [-0.25, -0.2) is 0 Å². The Bertz CT molecular complexity index is 1210. The van der Waals surface area contributed by atoms with Gasteiger partial charge >= 0.3 is 0 Å². The highest BCUT2D eigenvalue weighted by Gasteiger charge is 2.34. The quantitative estimate of drug-likeness (QED) is 0.487. The molecular formula is C21H20BrClN6O3. The van der Waals surface area contributed by atoms with Gasteiger partial charge in [0.2, 0.25) is 11.9 Å². The molecule has 2 aromatic carbocycles. The van der Waals surface area contributed by atoms with E-state index in [0.717, 1.165) is 5.56 Å². The third kappa shape index (κ3) is 4.15. The number of carbonyl (C=O) groups is 1. The van der Waals surface area contributed by atoms with Gasteiger partial charge in [0, 0.05) is 16.3 Å². The molecule has 11 heteroatoms. The number of allylic oxidation sites excluding steroid dienone is 1. The van der Waals surface area contributed by atoms with Crippen molar-refractivity contribution < 1.29 is 14.3 Å². The number of fused-ring (bicyclic) bond motifs is 1. The molecule has 3 aromatic rings. The molecule has 0 spiro atoms. The fraction of sp³-hybridized carbons (Fsp3) is 0.238. The van der Waals surface area contributed by atoms with Crippen molar-refractivity contribution in [3.63, 3.8) is 0 Å². The van der Waals surface area contributed by atoms with Gasteiger partial charge in [0.1, 0.15) is 12.6 Å². The molecule has 166 valence electrons. The number of halogens is 2. The zero-order valence-corrected chi connectivity index (χ0v) is 19.6. The van der Waals surface area contributed by atoms with Crippen molar-refractivity contribution in [1.82, 2.24) is 20.2 Å². The SMILES string of the molecule is CCOc1cc([C@@H]2C(C(N)=O)=C(C)Nc3nnnn32)cc(Br)c1OCc1ccccc1Cl. The van der Waals surface area contributed by atoms with Crippen molar-refractivity contribution in [2.24, 2.45) is 5.73 Å². The molecule has 0 radical (unpaired) electrons. The smallest absolute Gasteiger partial charge is 0.248 e. The molecular weight excluding hydrogens is 500 g/mol. The molecule has 0 bridgehead atoms. The first-order valence-corrected chi connectivity index (χ1v) is 11.0. The summed E-state index contributed by atoms with van der Waals surface area (Å²) in [5.41, 5.74) is 8.18. The van der Waals surface area contributed by atoms with Crippen LogP contribution in [0, 0.1) is 0 Å². The lowest BCUT2D eigenvalue weighted by atomic mass is 9.95. The normalized spacial score (nSPS) is 15.2. The Morgan fingerprint density at radius 3 is 2.81 bits per heavy atom. The predicted octanol–water partition coefficient (Wildman–Crippen LogP) is 3.84. The van der Waals surface area contributed by atoms with Crippen molar-refractivity contribution in [3.05, 3.63) is 68.3 Å². The summed E-state index contributed by atoms with van der Waals surface area (Å²) in [6, 6.07) is 10.5. The third-order valence-corrected chi connectivity index (χ3v) is 5.91. The van der Waals surface area contributed by atoms with Gasteiger partial charge in [0.25, 0.3) is 0 Å². The van der Waals surface area contributed by atoms with Crippen LogP contribution in [0.5, 0.6) is 11.5 Å². The van der Waals surface area contributed by atoms with Gasteiger partial charge in [0.05, 0.1) is 16.7 Å². The molecule has 2 heterocycles. The molecule has 1 aliphatic heterocycles. The second-order valence-corrected chi connectivity index (χ2v) is 8.28. The summed E-state index contributed by atoms with van der Waals surface area (Å²) in [5.74, 6) is 0.848. The summed E-state index contributed by atoms with van der Waals surface area (Å²) in [6.07, 6.45) is 0. The van der Waals surface area contributed by atoms with Crippen molar-refractivity contribution in [1.29, 1.82) is 0 Å². The number of carbonyl (C=O) groups excluding carboxylic acids is 1. The molecule has 1 aliphatic rings. The van der Waals surface area contributed by atoms with E-state index in [1.807, 2.05) is 37.3 Å². The lowest BCUT2D eigenvalue weighted by molar-refractivity contribution is -0.115. The van der Waals surface area contributed by atoms with Gasteiger partial charge in [0.15, 0.2) is 11.5 Å². The average Bonchev–Trinajstić information content (AvgIpc) is 3.21. The predicted molar refractivity (Wildman–Crippen MR) is 123 cm³/mol. The van der Waals surface area contributed by atoms with Crippen LogP contribution in [0.2, 0.25) is 5.02 Å². The number of aromatic nitrogens is 4. The minimum Gasteiger partial charge on any atom is -0.490 e. The van der Waals surface area contributed by atoms with Crippen molar-refractivity contribution in [2.75, 3.05) is 11.9 Å². The first kappa shape index (κ1) is 22.1. The van der Waals surface area contributed by atoms with Crippen molar-refractivity contribution in [2.45, 2.75) is 26.5 Å². The van der Waals surface area contributed by atoms with E-state index < -0.39 is 11.9 Å². The maximum atomic E-state index is 12.3. The van der Waals surface area contributed by atoms with E-state index in [1.54, 1.807) is 13.0 Å². The average molecular weight is 520 g/mol. The molecule has 0 aliphatic carbocycles. The number of amides is 1. The van der Waals surface area contributed by atoms with E-state index in [0.29, 0.717) is 50.4 Å². The molecule has 1 amide bonds. The number of nitrogens with zero attached hydrogens (tertiary/aromatic N) is 4. The molecule has 32 heavy (non-hydrogen) atoms. The first-order valence-electron chi connectivity index (χ1n) is 9.78. The third-order valence-electron chi connectivity index (χ3n) is 4.96. The molecule has 1 atom stereocenters. The van der Waals surface area contributed by atoms with Crippen LogP contribution in [0.4, 0.5) is 5.95 Å². The zero-order valence-electron chi connectivity index (χ0n) is 17.3. The maximum Gasteiger partial charge on any atom is 0.248 e. The molecule has 0 saturated heterocycles. The van der Waals surface area contributed by atoms with Crippen molar-refractivity contribution in [3.8, 4) is 11.5 Å². The van der Waals surface area contributed by atoms with Crippen LogP contribution < -0.4 is 20.5 Å². The second kappa shape index (κ2) is 9.17. The number of hydrogen-bond donors (Lipinski definition) is 2. The highest BCUT2D eigenvalue weighted by Crippen LogP contribution is 2.42. The van der Waals surface area contributed by atoms with Gasteiger partial charge < -0.3 is 20.5 Å². The standard InChI is InChI=1S/C21H20BrClN6O3/c1-3-31-16-9-13(8-14(22)19(16)32-10-12-6-4-5-7-15(12)23)18-17(20(24)30)11(2)25-21-26-27-28-29(18)21/h4-9,18H,3,10H2,1-2H3,(H2,24,30)(H,25,26,28)/t18-/m1/s1. The van der Waals surface area contributed by atoms with Gasteiger partial charge in [-0.3, -0.25) is 4.79 Å².